The van der Waals surface area contributed by atoms with Gasteiger partial charge in [-0.2, -0.15) is 0 Å². The molecule has 0 unspecified atom stereocenters. The van der Waals surface area contributed by atoms with Crippen molar-refractivity contribution in [3.63, 3.8) is 0 Å². The monoisotopic (exact) mass is 401 g/mol. The Kier molecular flexibility index (Phi) is 4.61. The molecule has 0 fully saturated rings. The van der Waals surface area contributed by atoms with Crippen molar-refractivity contribution in [1.29, 1.82) is 0 Å². The lowest BCUT2D eigenvalue weighted by atomic mass is 10.1. The van der Waals surface area contributed by atoms with Crippen LogP contribution in [0.5, 0.6) is 0 Å². The van der Waals surface area contributed by atoms with Gasteiger partial charge in [0.1, 0.15) is 5.69 Å². The van der Waals surface area contributed by atoms with Gasteiger partial charge < -0.3 is 9.47 Å². The number of aromatic nitrogens is 4. The van der Waals surface area contributed by atoms with E-state index in [1.54, 1.807) is 6.20 Å². The molecular formula is C19H17Cl2N5O. The Morgan fingerprint density at radius 2 is 2.07 bits per heavy atom. The molecule has 2 aromatic heterocycles. The number of hydrogen-bond donors (Lipinski definition) is 0. The highest BCUT2D eigenvalue weighted by Gasteiger charge is 2.32. The molecule has 6 nitrogen and oxygen atoms in total. The van der Waals surface area contributed by atoms with Crippen LogP contribution in [0.15, 0.2) is 36.7 Å². The lowest BCUT2D eigenvalue weighted by Gasteiger charge is -2.33. The van der Waals surface area contributed by atoms with Crippen LogP contribution in [-0.4, -0.2) is 36.4 Å². The summed E-state index contributed by atoms with van der Waals surface area (Å²) < 4.78 is 1.88. The van der Waals surface area contributed by atoms with Gasteiger partial charge >= 0.3 is 0 Å². The predicted octanol–water partition coefficient (Wildman–Crippen LogP) is 4.00. The first kappa shape index (κ1) is 17.9. The molecule has 4 rings (SSSR count). The smallest absolute Gasteiger partial charge is 0.290 e. The zero-order chi connectivity index (χ0) is 19.1. The van der Waals surface area contributed by atoms with Gasteiger partial charge in [0.05, 0.1) is 5.69 Å². The minimum Gasteiger partial charge on any atom is -0.327 e. The largest absolute Gasteiger partial charge is 0.327 e. The van der Waals surface area contributed by atoms with Crippen molar-refractivity contribution in [2.45, 2.75) is 33.0 Å². The third-order valence-corrected chi connectivity index (χ3v) is 5.07. The molecule has 0 bridgehead atoms. The first-order valence-corrected chi connectivity index (χ1v) is 9.30. The highest BCUT2D eigenvalue weighted by molar-refractivity contribution is 6.30. The Balaban J connectivity index is 1.67. The Bertz CT molecular complexity index is 1030. The maximum absolute atomic E-state index is 13.1. The van der Waals surface area contributed by atoms with Gasteiger partial charge in [-0.15, -0.1) is 0 Å². The van der Waals surface area contributed by atoms with Crippen molar-refractivity contribution < 1.29 is 4.79 Å². The summed E-state index contributed by atoms with van der Waals surface area (Å²) in [7, 11) is 0. The molecule has 138 valence electrons. The maximum Gasteiger partial charge on any atom is 0.290 e. The lowest BCUT2D eigenvalue weighted by Crippen LogP contribution is -2.46. The van der Waals surface area contributed by atoms with Gasteiger partial charge in [-0.3, -0.25) is 4.79 Å². The van der Waals surface area contributed by atoms with E-state index >= 15 is 0 Å². The average molecular weight is 402 g/mol. The van der Waals surface area contributed by atoms with E-state index in [1.807, 2.05) is 53.8 Å². The Morgan fingerprint density at radius 3 is 2.85 bits per heavy atom. The van der Waals surface area contributed by atoms with Crippen molar-refractivity contribution in [2.24, 2.45) is 0 Å². The highest BCUT2D eigenvalue weighted by atomic mass is 35.5. The number of hydrogen-bond acceptors (Lipinski definition) is 4. The SMILES string of the molecule is Cc1cnc(Cl)nc1-c1cn2c(n1)C(=O)N(Cc1cccc(Cl)c1)[C@@H](C)C2. The summed E-state index contributed by atoms with van der Waals surface area (Å²) in [6, 6.07) is 7.57. The van der Waals surface area contributed by atoms with Gasteiger partial charge in [0.25, 0.3) is 5.91 Å². The Labute approximate surface area is 166 Å². The summed E-state index contributed by atoms with van der Waals surface area (Å²) in [6.45, 7) is 5.06. The van der Waals surface area contributed by atoms with E-state index in [2.05, 4.69) is 15.0 Å². The summed E-state index contributed by atoms with van der Waals surface area (Å²) in [5.41, 5.74) is 3.10. The molecule has 1 aliphatic heterocycles. The van der Waals surface area contributed by atoms with Crippen LogP contribution in [0.2, 0.25) is 10.3 Å². The second-order valence-electron chi connectivity index (χ2n) is 6.68. The molecule has 3 aromatic rings. The number of rotatable bonds is 3. The molecule has 27 heavy (non-hydrogen) atoms. The highest BCUT2D eigenvalue weighted by Crippen LogP contribution is 2.26. The second-order valence-corrected chi connectivity index (χ2v) is 7.46. The van der Waals surface area contributed by atoms with E-state index in [9.17, 15) is 4.79 Å². The van der Waals surface area contributed by atoms with E-state index in [1.165, 1.54) is 0 Å². The molecule has 0 saturated carbocycles. The second kappa shape index (κ2) is 6.94. The van der Waals surface area contributed by atoms with Crippen LogP contribution < -0.4 is 0 Å². The quantitative estimate of drug-likeness (QED) is 0.622. The van der Waals surface area contributed by atoms with Gasteiger partial charge in [-0.1, -0.05) is 23.7 Å². The molecule has 1 atom stereocenters. The van der Waals surface area contributed by atoms with Crippen molar-refractivity contribution in [3.8, 4) is 11.4 Å². The lowest BCUT2D eigenvalue weighted by molar-refractivity contribution is 0.0587. The zero-order valence-corrected chi connectivity index (χ0v) is 16.4. The van der Waals surface area contributed by atoms with Crippen LogP contribution in [0, 0.1) is 6.92 Å². The molecule has 0 N–H and O–H groups in total. The third-order valence-electron chi connectivity index (χ3n) is 4.65. The number of fused-ring (bicyclic) bond motifs is 1. The van der Waals surface area contributed by atoms with E-state index in [4.69, 9.17) is 23.2 Å². The number of imidazole rings is 1. The zero-order valence-electron chi connectivity index (χ0n) is 14.9. The fourth-order valence-electron chi connectivity index (χ4n) is 3.29. The third kappa shape index (κ3) is 3.42. The number of halogens is 2. The maximum atomic E-state index is 13.1. The average Bonchev–Trinajstić information content (AvgIpc) is 3.04. The summed E-state index contributed by atoms with van der Waals surface area (Å²) in [5, 5.41) is 0.813. The minimum atomic E-state index is -0.113. The van der Waals surface area contributed by atoms with E-state index in [-0.39, 0.29) is 17.2 Å². The van der Waals surface area contributed by atoms with Crippen molar-refractivity contribution in [3.05, 3.63) is 63.9 Å². The van der Waals surface area contributed by atoms with Crippen molar-refractivity contribution in [2.75, 3.05) is 0 Å². The standard InChI is InChI=1S/C19H17Cl2N5O/c1-11-7-22-19(21)24-16(11)15-10-25-8-12(2)26(18(27)17(25)23-15)9-13-4-3-5-14(20)6-13/h3-7,10,12H,8-9H2,1-2H3/t12-/m0/s1. The predicted molar refractivity (Wildman–Crippen MR) is 104 cm³/mol. The molecule has 1 amide bonds. The molecule has 3 heterocycles. The molecule has 8 heteroatoms. The van der Waals surface area contributed by atoms with Crippen LogP contribution in [-0.2, 0) is 13.1 Å². The summed E-state index contributed by atoms with van der Waals surface area (Å²) in [6.07, 6.45) is 3.50. The van der Waals surface area contributed by atoms with Gasteiger partial charge in [0.2, 0.25) is 5.28 Å². The normalized spacial score (nSPS) is 16.5. The number of aryl methyl sites for hydroxylation is 1. The molecule has 0 spiro atoms. The molecule has 0 saturated heterocycles. The van der Waals surface area contributed by atoms with Gasteiger partial charge in [-0.05, 0) is 48.7 Å². The number of nitrogens with zero attached hydrogens (tertiary/aromatic N) is 5. The fraction of sp³-hybridized carbons (Fsp3) is 0.263. The molecule has 0 radical (unpaired) electrons. The van der Waals surface area contributed by atoms with E-state index in [0.29, 0.717) is 35.3 Å². The van der Waals surface area contributed by atoms with Crippen LogP contribution in [0.1, 0.15) is 28.7 Å². The Morgan fingerprint density at radius 1 is 1.26 bits per heavy atom. The van der Waals surface area contributed by atoms with Gasteiger partial charge in [0, 0.05) is 36.5 Å². The first-order valence-electron chi connectivity index (χ1n) is 8.54. The van der Waals surface area contributed by atoms with Crippen LogP contribution in [0.3, 0.4) is 0 Å². The van der Waals surface area contributed by atoms with Crippen LogP contribution in [0.4, 0.5) is 0 Å². The summed E-state index contributed by atoms with van der Waals surface area (Å²) in [4.78, 5) is 27.7. The van der Waals surface area contributed by atoms with Crippen LogP contribution in [0.25, 0.3) is 11.4 Å². The fourth-order valence-corrected chi connectivity index (χ4v) is 3.64. The first-order chi connectivity index (χ1) is 12.9. The van der Waals surface area contributed by atoms with Crippen LogP contribution >= 0.6 is 23.2 Å². The molecule has 1 aliphatic rings. The number of carbonyl (C=O) groups excluding carboxylic acids is 1. The molecule has 1 aromatic carbocycles. The van der Waals surface area contributed by atoms with E-state index in [0.717, 1.165) is 11.1 Å². The number of benzene rings is 1. The van der Waals surface area contributed by atoms with Crippen molar-refractivity contribution >= 4 is 29.1 Å². The van der Waals surface area contributed by atoms with Crippen molar-refractivity contribution in [1.82, 2.24) is 24.4 Å². The number of amides is 1. The summed E-state index contributed by atoms with van der Waals surface area (Å²) in [5.74, 6) is 0.289. The molecule has 0 aliphatic carbocycles. The minimum absolute atomic E-state index is 0.0288. The Hall–Kier alpha value is -2.44. The summed E-state index contributed by atoms with van der Waals surface area (Å²) >= 11 is 12.0. The number of carbonyl (C=O) groups is 1. The topological polar surface area (TPSA) is 63.9 Å². The van der Waals surface area contributed by atoms with Gasteiger partial charge in [-0.25, -0.2) is 15.0 Å². The molecular weight excluding hydrogens is 385 g/mol. The van der Waals surface area contributed by atoms with Gasteiger partial charge in [0.15, 0.2) is 5.82 Å². The van der Waals surface area contributed by atoms with E-state index < -0.39 is 0 Å².